The predicted octanol–water partition coefficient (Wildman–Crippen LogP) is 4.15. The van der Waals surface area contributed by atoms with Gasteiger partial charge in [0.05, 0.1) is 34.3 Å². The van der Waals surface area contributed by atoms with Gasteiger partial charge in [0, 0.05) is 37.6 Å². The molecule has 0 spiro atoms. The number of ether oxygens (including phenoxy) is 1. The van der Waals surface area contributed by atoms with E-state index in [1.165, 1.54) is 28.7 Å². The minimum absolute atomic E-state index is 0.00259. The minimum atomic E-state index is -0.411. The summed E-state index contributed by atoms with van der Waals surface area (Å²) >= 11 is 2.72. The van der Waals surface area contributed by atoms with Gasteiger partial charge in [-0.3, -0.25) is 24.7 Å². The Balaban J connectivity index is 1.55. The Morgan fingerprint density at radius 2 is 2.00 bits per heavy atom. The van der Waals surface area contributed by atoms with Gasteiger partial charge in [0.25, 0.3) is 11.6 Å². The van der Waals surface area contributed by atoms with Crippen molar-refractivity contribution in [1.82, 2.24) is 9.88 Å². The number of aromatic nitrogens is 1. The minimum Gasteiger partial charge on any atom is -0.379 e. The van der Waals surface area contributed by atoms with Gasteiger partial charge in [-0.1, -0.05) is 18.2 Å². The standard InChI is InChI=1S/C21H22N4O4S2/c26-20(19-7-3-14-30-19)24(9-4-8-23-10-12-29-13-11-23)21-22-17(15-31-21)16-5-1-2-6-18(16)25(27)28/h1-3,5-7,14-15H,4,8-13H2. The Morgan fingerprint density at radius 3 is 2.74 bits per heavy atom. The van der Waals surface area contributed by atoms with E-state index in [2.05, 4.69) is 9.88 Å². The molecule has 8 nitrogen and oxygen atoms in total. The molecule has 0 N–H and O–H groups in total. The van der Waals surface area contributed by atoms with Crippen LogP contribution >= 0.6 is 22.7 Å². The van der Waals surface area contributed by atoms with Crippen LogP contribution in [-0.2, 0) is 4.74 Å². The van der Waals surface area contributed by atoms with Gasteiger partial charge in [0.15, 0.2) is 5.13 Å². The van der Waals surface area contributed by atoms with Gasteiger partial charge in [-0.2, -0.15) is 0 Å². The van der Waals surface area contributed by atoms with Crippen molar-refractivity contribution in [1.29, 1.82) is 0 Å². The molecule has 1 fully saturated rings. The van der Waals surface area contributed by atoms with Crippen LogP contribution in [0.2, 0.25) is 0 Å². The van der Waals surface area contributed by atoms with Crippen molar-refractivity contribution in [2.75, 3.05) is 44.3 Å². The fraction of sp³-hybridized carbons (Fsp3) is 0.333. The lowest BCUT2D eigenvalue weighted by Crippen LogP contribution is -2.39. The van der Waals surface area contributed by atoms with Crippen molar-refractivity contribution in [2.45, 2.75) is 6.42 Å². The zero-order valence-corrected chi connectivity index (χ0v) is 18.4. The maximum atomic E-state index is 13.2. The van der Waals surface area contributed by atoms with E-state index in [0.29, 0.717) is 27.8 Å². The summed E-state index contributed by atoms with van der Waals surface area (Å²) < 4.78 is 5.39. The Labute approximate surface area is 187 Å². The monoisotopic (exact) mass is 458 g/mol. The van der Waals surface area contributed by atoms with Crippen LogP contribution in [-0.4, -0.2) is 60.1 Å². The SMILES string of the molecule is O=C(c1cccs1)N(CCCN1CCOCC1)c1nc(-c2ccccc2[N+](=O)[O-])cs1. The van der Waals surface area contributed by atoms with Gasteiger partial charge in [-0.15, -0.1) is 22.7 Å². The molecule has 0 radical (unpaired) electrons. The lowest BCUT2D eigenvalue weighted by molar-refractivity contribution is -0.384. The van der Waals surface area contributed by atoms with Crippen LogP contribution in [0, 0.1) is 10.1 Å². The first-order chi connectivity index (χ1) is 15.1. The number of carbonyl (C=O) groups excluding carboxylic acids is 1. The highest BCUT2D eigenvalue weighted by molar-refractivity contribution is 7.14. The van der Waals surface area contributed by atoms with Crippen LogP contribution in [0.4, 0.5) is 10.8 Å². The number of benzene rings is 1. The number of thiazole rings is 1. The zero-order chi connectivity index (χ0) is 21.6. The first-order valence-electron chi connectivity index (χ1n) is 9.98. The zero-order valence-electron chi connectivity index (χ0n) is 16.8. The molecule has 0 saturated carbocycles. The highest BCUT2D eigenvalue weighted by Crippen LogP contribution is 2.33. The van der Waals surface area contributed by atoms with Gasteiger partial charge < -0.3 is 4.74 Å². The molecule has 10 heteroatoms. The maximum Gasteiger partial charge on any atom is 0.278 e. The Kier molecular flexibility index (Phi) is 7.03. The van der Waals surface area contributed by atoms with Gasteiger partial charge in [-0.05, 0) is 23.9 Å². The van der Waals surface area contributed by atoms with E-state index in [0.717, 1.165) is 39.3 Å². The highest BCUT2D eigenvalue weighted by atomic mass is 32.1. The summed E-state index contributed by atoms with van der Waals surface area (Å²) in [6.45, 7) is 4.68. The maximum absolute atomic E-state index is 13.2. The molecule has 1 aromatic carbocycles. The van der Waals surface area contributed by atoms with Crippen molar-refractivity contribution in [2.24, 2.45) is 0 Å². The number of nitrogens with zero attached hydrogens (tertiary/aromatic N) is 4. The number of carbonyl (C=O) groups is 1. The third-order valence-electron chi connectivity index (χ3n) is 5.04. The molecule has 162 valence electrons. The van der Waals surface area contributed by atoms with Crippen molar-refractivity contribution < 1.29 is 14.5 Å². The number of thiophene rings is 1. The van der Waals surface area contributed by atoms with Crippen LogP contribution in [0.25, 0.3) is 11.3 Å². The summed E-state index contributed by atoms with van der Waals surface area (Å²) in [5.74, 6) is -0.0968. The molecule has 0 atom stereocenters. The molecule has 3 heterocycles. The molecule has 0 bridgehead atoms. The smallest absolute Gasteiger partial charge is 0.278 e. The fourth-order valence-corrected chi connectivity index (χ4v) is 4.98. The third kappa shape index (κ3) is 5.16. The number of hydrogen-bond donors (Lipinski definition) is 0. The van der Waals surface area contributed by atoms with E-state index in [9.17, 15) is 14.9 Å². The topological polar surface area (TPSA) is 88.8 Å². The molecule has 1 amide bonds. The number of anilines is 1. The quantitative estimate of drug-likeness (QED) is 0.372. The van der Waals surface area contributed by atoms with Gasteiger partial charge >= 0.3 is 0 Å². The number of amides is 1. The molecule has 1 saturated heterocycles. The summed E-state index contributed by atoms with van der Waals surface area (Å²) in [5.41, 5.74) is 0.957. The molecule has 31 heavy (non-hydrogen) atoms. The summed E-state index contributed by atoms with van der Waals surface area (Å²) in [7, 11) is 0. The summed E-state index contributed by atoms with van der Waals surface area (Å²) in [5, 5.41) is 15.6. The number of nitro benzene ring substituents is 1. The second-order valence-corrected chi connectivity index (χ2v) is 8.82. The molecule has 1 aliphatic heterocycles. The summed E-state index contributed by atoms with van der Waals surface area (Å²) in [6.07, 6.45) is 0.803. The predicted molar refractivity (Wildman–Crippen MR) is 122 cm³/mol. The Hall–Kier alpha value is -2.66. The Bertz CT molecular complexity index is 1030. The average molecular weight is 459 g/mol. The van der Waals surface area contributed by atoms with Crippen LogP contribution in [0.1, 0.15) is 16.1 Å². The van der Waals surface area contributed by atoms with E-state index in [-0.39, 0.29) is 11.6 Å². The van der Waals surface area contributed by atoms with Crippen molar-refractivity contribution >= 4 is 39.4 Å². The molecule has 0 aliphatic carbocycles. The second-order valence-electron chi connectivity index (χ2n) is 7.03. The van der Waals surface area contributed by atoms with Gasteiger partial charge in [-0.25, -0.2) is 4.98 Å². The molecule has 0 unspecified atom stereocenters. The lowest BCUT2D eigenvalue weighted by atomic mass is 10.1. The number of para-hydroxylation sites is 1. The van der Waals surface area contributed by atoms with Gasteiger partial charge in [0.1, 0.15) is 0 Å². The fourth-order valence-electron chi connectivity index (χ4n) is 3.46. The van der Waals surface area contributed by atoms with Gasteiger partial charge in [0.2, 0.25) is 0 Å². The van der Waals surface area contributed by atoms with E-state index >= 15 is 0 Å². The van der Waals surface area contributed by atoms with E-state index in [1.807, 2.05) is 11.4 Å². The number of nitro groups is 1. The number of hydrogen-bond acceptors (Lipinski definition) is 8. The molecule has 4 rings (SSSR count). The molecule has 3 aromatic rings. The Morgan fingerprint density at radius 1 is 1.19 bits per heavy atom. The van der Waals surface area contributed by atoms with Crippen molar-refractivity contribution in [3.05, 3.63) is 62.1 Å². The largest absolute Gasteiger partial charge is 0.379 e. The third-order valence-corrected chi connectivity index (χ3v) is 6.76. The van der Waals surface area contributed by atoms with Crippen LogP contribution in [0.5, 0.6) is 0 Å². The van der Waals surface area contributed by atoms with Crippen molar-refractivity contribution in [3.8, 4) is 11.3 Å². The van der Waals surface area contributed by atoms with Crippen LogP contribution < -0.4 is 4.90 Å². The van der Waals surface area contributed by atoms with E-state index < -0.39 is 4.92 Å². The van der Waals surface area contributed by atoms with E-state index in [1.54, 1.807) is 34.5 Å². The highest BCUT2D eigenvalue weighted by Gasteiger charge is 2.24. The molecular formula is C21H22N4O4S2. The number of rotatable bonds is 8. The molecule has 2 aromatic heterocycles. The summed E-state index contributed by atoms with van der Waals surface area (Å²) in [4.78, 5) is 33.4. The van der Waals surface area contributed by atoms with Crippen LogP contribution in [0.15, 0.2) is 47.2 Å². The van der Waals surface area contributed by atoms with Crippen LogP contribution in [0.3, 0.4) is 0 Å². The first-order valence-corrected chi connectivity index (χ1v) is 11.7. The normalized spacial score (nSPS) is 14.5. The van der Waals surface area contributed by atoms with E-state index in [4.69, 9.17) is 4.74 Å². The number of morpholine rings is 1. The lowest BCUT2D eigenvalue weighted by Gasteiger charge is -2.27. The summed E-state index contributed by atoms with van der Waals surface area (Å²) in [6, 6.07) is 10.2. The molecular weight excluding hydrogens is 436 g/mol. The first kappa shape index (κ1) is 21.6. The molecule has 1 aliphatic rings. The second kappa shape index (κ2) is 10.1. The van der Waals surface area contributed by atoms with Crippen molar-refractivity contribution in [3.63, 3.8) is 0 Å². The average Bonchev–Trinajstić information content (AvgIpc) is 3.49.